The zero-order chi connectivity index (χ0) is 22.6. The van der Waals surface area contributed by atoms with Crippen LogP contribution in [0.1, 0.15) is 53.8 Å². The summed E-state index contributed by atoms with van der Waals surface area (Å²) in [4.78, 5) is 35.8. The largest absolute Gasteiger partial charge is 0.494 e. The van der Waals surface area contributed by atoms with E-state index in [0.29, 0.717) is 35.6 Å². The lowest BCUT2D eigenvalue weighted by atomic mass is 10.2. The van der Waals surface area contributed by atoms with Crippen molar-refractivity contribution in [3.8, 4) is 5.75 Å². The summed E-state index contributed by atoms with van der Waals surface area (Å²) in [6, 6.07) is 13.1. The Morgan fingerprint density at radius 3 is 2.10 bits per heavy atom. The van der Waals surface area contributed by atoms with Gasteiger partial charge in [0, 0.05) is 23.2 Å². The molecule has 164 valence electrons. The molecular weight excluding hydrogens is 416 g/mol. The van der Waals surface area contributed by atoms with Gasteiger partial charge in [0.15, 0.2) is 5.11 Å². The Morgan fingerprint density at radius 2 is 1.48 bits per heavy atom. The van der Waals surface area contributed by atoms with Gasteiger partial charge in [0.1, 0.15) is 5.75 Å². The molecule has 0 heterocycles. The van der Waals surface area contributed by atoms with Crippen LogP contribution in [-0.4, -0.2) is 29.4 Å². The number of anilines is 1. The van der Waals surface area contributed by atoms with Crippen LogP contribution < -0.4 is 26.2 Å². The maximum absolute atomic E-state index is 12.3. The first kappa shape index (κ1) is 23.8. The monoisotopic (exact) mass is 442 g/mol. The van der Waals surface area contributed by atoms with Gasteiger partial charge in [0.25, 0.3) is 11.8 Å². The van der Waals surface area contributed by atoms with Crippen LogP contribution in [0.3, 0.4) is 0 Å². The lowest BCUT2D eigenvalue weighted by Crippen LogP contribution is -2.48. The van der Waals surface area contributed by atoms with E-state index in [0.717, 1.165) is 12.8 Å². The minimum absolute atomic E-state index is 0.0477. The summed E-state index contributed by atoms with van der Waals surface area (Å²) in [5.41, 5.74) is 6.26. The van der Waals surface area contributed by atoms with E-state index in [1.807, 2.05) is 0 Å². The highest BCUT2D eigenvalue weighted by atomic mass is 32.1. The van der Waals surface area contributed by atoms with E-state index in [1.165, 1.54) is 0 Å². The number of hydrogen-bond donors (Lipinski definition) is 4. The molecule has 0 bridgehead atoms. The lowest BCUT2D eigenvalue weighted by molar-refractivity contribution is -0.115. The van der Waals surface area contributed by atoms with Crippen molar-refractivity contribution in [1.82, 2.24) is 16.2 Å². The fourth-order valence-corrected chi connectivity index (χ4v) is 2.53. The van der Waals surface area contributed by atoms with Gasteiger partial charge in [-0.2, -0.15) is 0 Å². The molecule has 0 fully saturated rings. The number of unbranched alkanes of at least 4 members (excludes halogenated alkanes) is 1. The molecule has 0 aliphatic rings. The summed E-state index contributed by atoms with van der Waals surface area (Å²) in [5, 5.41) is 5.14. The number of carbonyl (C=O) groups excluding carboxylic acids is 3. The van der Waals surface area contributed by atoms with Crippen LogP contribution in [0.4, 0.5) is 5.69 Å². The van der Waals surface area contributed by atoms with Gasteiger partial charge >= 0.3 is 0 Å². The molecule has 9 heteroatoms. The van der Waals surface area contributed by atoms with E-state index < -0.39 is 11.8 Å². The van der Waals surface area contributed by atoms with Crippen molar-refractivity contribution in [3.63, 3.8) is 0 Å². The van der Waals surface area contributed by atoms with E-state index in [2.05, 4.69) is 28.4 Å². The van der Waals surface area contributed by atoms with Crippen molar-refractivity contribution >= 4 is 40.7 Å². The molecule has 2 aromatic rings. The van der Waals surface area contributed by atoms with Crippen LogP contribution in [0.2, 0.25) is 0 Å². The number of ether oxygens (including phenoxy) is 1. The highest BCUT2D eigenvalue weighted by Crippen LogP contribution is 2.13. The molecule has 0 aliphatic carbocycles. The highest BCUT2D eigenvalue weighted by Gasteiger charge is 2.10. The Hall–Kier alpha value is -3.46. The van der Waals surface area contributed by atoms with Gasteiger partial charge in [0.05, 0.1) is 6.61 Å². The average molecular weight is 443 g/mol. The zero-order valence-electron chi connectivity index (χ0n) is 17.5. The van der Waals surface area contributed by atoms with Crippen molar-refractivity contribution in [3.05, 3.63) is 59.7 Å². The Kier molecular flexibility index (Phi) is 9.44. The molecule has 0 aliphatic heterocycles. The number of carbonyl (C=O) groups is 3. The molecule has 0 atom stereocenters. The molecule has 0 unspecified atom stereocenters. The molecular formula is C22H26N4O4S. The van der Waals surface area contributed by atoms with Crippen molar-refractivity contribution < 1.29 is 19.1 Å². The second-order valence-corrected chi connectivity index (χ2v) is 6.98. The topological polar surface area (TPSA) is 109 Å². The van der Waals surface area contributed by atoms with E-state index in [1.54, 1.807) is 55.5 Å². The number of hydrazine groups is 1. The molecule has 31 heavy (non-hydrogen) atoms. The Balaban J connectivity index is 1.79. The van der Waals surface area contributed by atoms with Crippen molar-refractivity contribution in [2.75, 3.05) is 11.9 Å². The first-order chi connectivity index (χ1) is 14.9. The van der Waals surface area contributed by atoms with Crippen molar-refractivity contribution in [2.45, 2.75) is 33.1 Å². The molecule has 2 aromatic carbocycles. The third-order valence-electron chi connectivity index (χ3n) is 4.15. The molecule has 4 N–H and O–H groups in total. The number of rotatable bonds is 8. The molecule has 0 radical (unpaired) electrons. The standard InChI is InChI=1S/C22H26N4O4S/c1-3-5-14-30-18-12-8-15(9-13-18)20(28)24-22(31)26-25-21(29)16-6-10-17(11-7-16)23-19(27)4-2/h6-13H,3-5,14H2,1-2H3,(H,23,27)(H,25,29)(H2,24,26,28,31). The van der Waals surface area contributed by atoms with E-state index >= 15 is 0 Å². The molecule has 0 saturated heterocycles. The fraction of sp³-hybridized carbons (Fsp3) is 0.273. The van der Waals surface area contributed by atoms with Crippen LogP contribution >= 0.6 is 12.2 Å². The van der Waals surface area contributed by atoms with Crippen LogP contribution in [0.5, 0.6) is 5.75 Å². The third kappa shape index (κ3) is 8.06. The Bertz CT molecular complexity index is 914. The second-order valence-electron chi connectivity index (χ2n) is 6.57. The van der Waals surface area contributed by atoms with Crippen LogP contribution in [0.15, 0.2) is 48.5 Å². The van der Waals surface area contributed by atoms with E-state index in [4.69, 9.17) is 17.0 Å². The van der Waals surface area contributed by atoms with Gasteiger partial charge < -0.3 is 10.1 Å². The number of nitrogens with one attached hydrogen (secondary N) is 4. The van der Waals surface area contributed by atoms with Crippen LogP contribution in [0.25, 0.3) is 0 Å². The molecule has 0 aromatic heterocycles. The predicted molar refractivity (Wildman–Crippen MR) is 123 cm³/mol. The molecule has 8 nitrogen and oxygen atoms in total. The SMILES string of the molecule is CCCCOc1ccc(C(=O)NC(=S)NNC(=O)c2ccc(NC(=O)CC)cc2)cc1. The van der Waals surface area contributed by atoms with Gasteiger partial charge in [-0.15, -0.1) is 0 Å². The van der Waals surface area contributed by atoms with Gasteiger partial charge in [-0.1, -0.05) is 20.3 Å². The average Bonchev–Trinajstić information content (AvgIpc) is 2.78. The first-order valence-electron chi connectivity index (χ1n) is 9.97. The van der Waals surface area contributed by atoms with E-state index in [-0.39, 0.29) is 11.0 Å². The minimum atomic E-state index is -0.446. The number of amides is 3. The molecule has 0 saturated carbocycles. The maximum atomic E-state index is 12.3. The number of hydrogen-bond acceptors (Lipinski definition) is 5. The summed E-state index contributed by atoms with van der Waals surface area (Å²) < 4.78 is 5.56. The van der Waals surface area contributed by atoms with Gasteiger partial charge in [0.2, 0.25) is 5.91 Å². The summed E-state index contributed by atoms with van der Waals surface area (Å²) in [7, 11) is 0. The Morgan fingerprint density at radius 1 is 0.871 bits per heavy atom. The summed E-state index contributed by atoms with van der Waals surface area (Å²) in [6.07, 6.45) is 2.38. The fourth-order valence-electron chi connectivity index (χ4n) is 2.38. The van der Waals surface area contributed by atoms with Crippen LogP contribution in [0, 0.1) is 0 Å². The normalized spacial score (nSPS) is 10.0. The van der Waals surface area contributed by atoms with E-state index in [9.17, 15) is 14.4 Å². The second kappa shape index (κ2) is 12.3. The molecule has 2 rings (SSSR count). The van der Waals surface area contributed by atoms with Gasteiger partial charge in [-0.3, -0.25) is 30.6 Å². The zero-order valence-corrected chi connectivity index (χ0v) is 18.3. The molecule has 3 amide bonds. The number of thiocarbonyl (C=S) groups is 1. The molecule has 0 spiro atoms. The summed E-state index contributed by atoms with van der Waals surface area (Å²) >= 11 is 5.05. The number of benzene rings is 2. The minimum Gasteiger partial charge on any atom is -0.494 e. The van der Waals surface area contributed by atoms with Crippen molar-refractivity contribution in [1.29, 1.82) is 0 Å². The summed E-state index contributed by atoms with van der Waals surface area (Å²) in [5.74, 6) is -0.279. The van der Waals surface area contributed by atoms with Gasteiger partial charge in [-0.25, -0.2) is 0 Å². The summed E-state index contributed by atoms with van der Waals surface area (Å²) in [6.45, 7) is 4.47. The highest BCUT2D eigenvalue weighted by molar-refractivity contribution is 7.80. The van der Waals surface area contributed by atoms with Crippen LogP contribution in [-0.2, 0) is 4.79 Å². The quantitative estimate of drug-likeness (QED) is 0.284. The maximum Gasteiger partial charge on any atom is 0.269 e. The first-order valence-corrected chi connectivity index (χ1v) is 10.4. The third-order valence-corrected chi connectivity index (χ3v) is 4.36. The predicted octanol–water partition coefficient (Wildman–Crippen LogP) is 3.16. The van der Waals surface area contributed by atoms with Gasteiger partial charge in [-0.05, 0) is 67.2 Å². The lowest BCUT2D eigenvalue weighted by Gasteiger charge is -2.11. The Labute approximate surface area is 186 Å². The smallest absolute Gasteiger partial charge is 0.269 e. The van der Waals surface area contributed by atoms with Crippen molar-refractivity contribution in [2.24, 2.45) is 0 Å².